The normalized spacial score (nSPS) is 10.2. The van der Waals surface area contributed by atoms with Crippen LogP contribution in [-0.2, 0) is 0 Å². The zero-order valence-corrected chi connectivity index (χ0v) is 9.13. The minimum Gasteiger partial charge on any atom is -0.477 e. The van der Waals surface area contributed by atoms with E-state index in [1.807, 2.05) is 0 Å². The summed E-state index contributed by atoms with van der Waals surface area (Å²) < 4.78 is 31.2. The molecule has 1 N–H and O–H groups in total. The molecule has 88 valence electrons. The van der Waals surface area contributed by atoms with Crippen LogP contribution in [0.25, 0.3) is 0 Å². The number of benzene rings is 1. The molecule has 1 aromatic heterocycles. The summed E-state index contributed by atoms with van der Waals surface area (Å²) in [6, 6.07) is 6.26. The van der Waals surface area contributed by atoms with Gasteiger partial charge in [0.25, 0.3) is 0 Å². The summed E-state index contributed by atoms with van der Waals surface area (Å²) in [7, 11) is 0. The highest BCUT2D eigenvalue weighted by atomic mass is 32.1. The minimum absolute atomic E-state index is 0.0665. The molecule has 1 heterocycles. The van der Waals surface area contributed by atoms with E-state index in [1.54, 1.807) is 0 Å². The van der Waals surface area contributed by atoms with Crippen molar-refractivity contribution in [2.24, 2.45) is 0 Å². The molecule has 0 saturated heterocycles. The summed E-state index contributed by atoms with van der Waals surface area (Å²) in [5, 5.41) is 8.87. The van der Waals surface area contributed by atoms with Crippen LogP contribution < -0.4 is 4.74 Å². The molecule has 0 amide bonds. The molecular weight excluding hydrogens is 250 g/mol. The second-order valence-electron chi connectivity index (χ2n) is 3.08. The van der Waals surface area contributed by atoms with E-state index >= 15 is 0 Å². The molecule has 0 aliphatic heterocycles. The zero-order valence-electron chi connectivity index (χ0n) is 8.31. The number of rotatable bonds is 3. The van der Waals surface area contributed by atoms with Crippen LogP contribution in [0.3, 0.4) is 0 Å². The summed E-state index contributed by atoms with van der Waals surface area (Å²) in [5.74, 6) is -3.48. The van der Waals surface area contributed by atoms with Gasteiger partial charge in [0.15, 0.2) is 16.6 Å². The highest BCUT2D eigenvalue weighted by Crippen LogP contribution is 2.31. The lowest BCUT2D eigenvalue weighted by molar-refractivity contribution is 0.0702. The fourth-order valence-electron chi connectivity index (χ4n) is 1.16. The van der Waals surface area contributed by atoms with Crippen LogP contribution in [0.1, 0.15) is 9.67 Å². The van der Waals surface area contributed by atoms with Crippen molar-refractivity contribution in [3.8, 4) is 10.8 Å². The summed E-state index contributed by atoms with van der Waals surface area (Å²) in [4.78, 5) is 10.7. The molecule has 0 spiro atoms. The molecule has 1 aromatic carbocycles. The second-order valence-corrected chi connectivity index (χ2v) is 4.12. The molecule has 17 heavy (non-hydrogen) atoms. The van der Waals surface area contributed by atoms with E-state index in [4.69, 9.17) is 9.84 Å². The molecular formula is C11H6F2O3S. The van der Waals surface area contributed by atoms with Crippen LogP contribution in [-0.4, -0.2) is 11.1 Å². The summed E-state index contributed by atoms with van der Waals surface area (Å²) >= 11 is 0.839. The quantitative estimate of drug-likeness (QED) is 0.913. The van der Waals surface area contributed by atoms with Crippen molar-refractivity contribution in [1.29, 1.82) is 0 Å². The zero-order chi connectivity index (χ0) is 12.4. The van der Waals surface area contributed by atoms with Gasteiger partial charge in [-0.1, -0.05) is 17.4 Å². The van der Waals surface area contributed by atoms with Gasteiger partial charge < -0.3 is 9.84 Å². The highest BCUT2D eigenvalue weighted by molar-refractivity contribution is 7.15. The van der Waals surface area contributed by atoms with E-state index in [0.29, 0.717) is 0 Å². The van der Waals surface area contributed by atoms with Gasteiger partial charge in [-0.25, -0.2) is 9.18 Å². The standard InChI is InChI=1S/C11H6F2O3S/c12-6-2-1-3-7(10(6)13)16-9-5-4-8(17-9)11(14)15/h1-5H,(H,14,15). The Labute approximate surface area is 98.9 Å². The Hall–Kier alpha value is -1.95. The monoisotopic (exact) mass is 256 g/mol. The largest absolute Gasteiger partial charge is 0.477 e. The van der Waals surface area contributed by atoms with Crippen LogP contribution in [0.15, 0.2) is 30.3 Å². The first-order chi connectivity index (χ1) is 8.08. The van der Waals surface area contributed by atoms with Crippen LogP contribution in [0.5, 0.6) is 10.8 Å². The Morgan fingerprint density at radius 3 is 2.65 bits per heavy atom. The predicted octanol–water partition coefficient (Wildman–Crippen LogP) is 3.52. The maximum atomic E-state index is 13.2. The van der Waals surface area contributed by atoms with Crippen LogP contribution in [0.4, 0.5) is 8.78 Å². The van der Waals surface area contributed by atoms with Crippen molar-refractivity contribution in [1.82, 2.24) is 0 Å². The van der Waals surface area contributed by atoms with Gasteiger partial charge in [-0.3, -0.25) is 0 Å². The number of hydrogen-bond donors (Lipinski definition) is 1. The molecule has 6 heteroatoms. The van der Waals surface area contributed by atoms with Crippen LogP contribution in [0, 0.1) is 11.6 Å². The minimum atomic E-state index is -1.10. The average molecular weight is 256 g/mol. The third-order valence-corrected chi connectivity index (χ3v) is 2.87. The lowest BCUT2D eigenvalue weighted by Gasteiger charge is -2.03. The second kappa shape index (κ2) is 4.50. The molecule has 0 aliphatic carbocycles. The number of hydrogen-bond acceptors (Lipinski definition) is 3. The first kappa shape index (κ1) is 11.5. The van der Waals surface area contributed by atoms with E-state index in [-0.39, 0.29) is 15.7 Å². The molecule has 0 bridgehead atoms. The molecule has 0 atom stereocenters. The van der Waals surface area contributed by atoms with Gasteiger partial charge in [0.2, 0.25) is 5.82 Å². The molecule has 0 aliphatic rings. The summed E-state index contributed by atoms with van der Waals surface area (Å²) in [6.45, 7) is 0. The Morgan fingerprint density at radius 1 is 1.24 bits per heavy atom. The fraction of sp³-hybridized carbons (Fsp3) is 0. The fourth-order valence-corrected chi connectivity index (χ4v) is 1.87. The number of carbonyl (C=O) groups is 1. The summed E-state index contributed by atoms with van der Waals surface area (Å²) in [6.07, 6.45) is 0. The van der Waals surface area contributed by atoms with Gasteiger partial charge in [0.05, 0.1) is 0 Å². The van der Waals surface area contributed by atoms with Crippen molar-refractivity contribution >= 4 is 17.3 Å². The topological polar surface area (TPSA) is 46.5 Å². The maximum Gasteiger partial charge on any atom is 0.345 e. The van der Waals surface area contributed by atoms with Gasteiger partial charge in [0, 0.05) is 0 Å². The SMILES string of the molecule is O=C(O)c1ccc(Oc2cccc(F)c2F)s1. The number of aromatic carboxylic acids is 1. The average Bonchev–Trinajstić information content (AvgIpc) is 2.73. The smallest absolute Gasteiger partial charge is 0.345 e. The van der Waals surface area contributed by atoms with E-state index in [0.717, 1.165) is 17.4 Å². The highest BCUT2D eigenvalue weighted by Gasteiger charge is 2.12. The van der Waals surface area contributed by atoms with E-state index < -0.39 is 17.6 Å². The van der Waals surface area contributed by atoms with E-state index in [2.05, 4.69) is 0 Å². The molecule has 0 saturated carbocycles. The van der Waals surface area contributed by atoms with Gasteiger partial charge in [-0.05, 0) is 24.3 Å². The summed E-state index contributed by atoms with van der Waals surface area (Å²) in [5.41, 5.74) is 0. The number of ether oxygens (including phenoxy) is 1. The number of halogens is 2. The van der Waals surface area contributed by atoms with Crippen molar-refractivity contribution in [3.63, 3.8) is 0 Å². The Kier molecular flexibility index (Phi) is 3.06. The van der Waals surface area contributed by atoms with Crippen molar-refractivity contribution in [2.45, 2.75) is 0 Å². The predicted molar refractivity (Wildman–Crippen MR) is 57.7 cm³/mol. The van der Waals surface area contributed by atoms with Gasteiger partial charge in [0.1, 0.15) is 4.88 Å². The van der Waals surface area contributed by atoms with Crippen LogP contribution >= 0.6 is 11.3 Å². The lowest BCUT2D eigenvalue weighted by atomic mass is 10.3. The van der Waals surface area contributed by atoms with Gasteiger partial charge >= 0.3 is 5.97 Å². The van der Waals surface area contributed by atoms with Gasteiger partial charge in [-0.2, -0.15) is 4.39 Å². The molecule has 2 aromatic rings. The molecule has 0 fully saturated rings. The van der Waals surface area contributed by atoms with Crippen molar-refractivity contribution < 1.29 is 23.4 Å². The lowest BCUT2D eigenvalue weighted by Crippen LogP contribution is -1.90. The first-order valence-electron chi connectivity index (χ1n) is 4.53. The molecule has 0 radical (unpaired) electrons. The Balaban J connectivity index is 2.25. The number of carboxylic acids is 1. The van der Waals surface area contributed by atoms with Crippen molar-refractivity contribution in [2.75, 3.05) is 0 Å². The molecule has 0 unspecified atom stereocenters. The Bertz CT molecular complexity index is 566. The molecule has 3 nitrogen and oxygen atoms in total. The number of carboxylic acid groups (broad SMARTS) is 1. The maximum absolute atomic E-state index is 13.2. The number of thiophene rings is 1. The van der Waals surface area contributed by atoms with Crippen LogP contribution in [0.2, 0.25) is 0 Å². The third kappa shape index (κ3) is 2.42. The van der Waals surface area contributed by atoms with E-state index in [1.165, 1.54) is 24.3 Å². The van der Waals surface area contributed by atoms with E-state index in [9.17, 15) is 13.6 Å². The van der Waals surface area contributed by atoms with Gasteiger partial charge in [-0.15, -0.1) is 0 Å². The Morgan fingerprint density at radius 2 is 2.00 bits per heavy atom. The first-order valence-corrected chi connectivity index (χ1v) is 5.34. The molecule has 2 rings (SSSR count). The van der Waals surface area contributed by atoms with Crippen molar-refractivity contribution in [3.05, 3.63) is 46.8 Å². The third-order valence-electron chi connectivity index (χ3n) is 1.92.